The molecule has 0 aliphatic carbocycles. The fourth-order valence-electron chi connectivity index (χ4n) is 1.79. The molecule has 0 amide bonds. The van der Waals surface area contributed by atoms with Crippen LogP contribution < -0.4 is 5.32 Å². The van der Waals surface area contributed by atoms with E-state index in [1.807, 2.05) is 0 Å². The first-order chi connectivity index (χ1) is 9.72. The predicted molar refractivity (Wildman–Crippen MR) is 72.1 cm³/mol. The van der Waals surface area contributed by atoms with Crippen molar-refractivity contribution >= 4 is 22.7 Å². The van der Waals surface area contributed by atoms with Crippen LogP contribution in [-0.2, 0) is 6.54 Å². The van der Waals surface area contributed by atoms with Crippen molar-refractivity contribution in [2.24, 2.45) is 0 Å². The molecule has 0 spiro atoms. The number of H-pyrrole nitrogens is 1. The predicted octanol–water partition coefficient (Wildman–Crippen LogP) is 1.87. The maximum atomic E-state index is 10.7. The standard InChI is InChI=1S/C12H10N6O2/c19-18(20)9-1-2-10-11(5-9)17-12(16-10)14-6-8-3-4-13-7-15-8/h1-5,7H,6H2,(H2,14,16,17). The molecule has 0 saturated carbocycles. The van der Waals surface area contributed by atoms with Crippen molar-refractivity contribution in [1.29, 1.82) is 0 Å². The number of anilines is 1. The zero-order valence-electron chi connectivity index (χ0n) is 10.3. The van der Waals surface area contributed by atoms with Gasteiger partial charge in [-0.3, -0.25) is 10.1 Å². The zero-order chi connectivity index (χ0) is 13.9. The van der Waals surface area contributed by atoms with Crippen molar-refractivity contribution in [2.75, 3.05) is 5.32 Å². The lowest BCUT2D eigenvalue weighted by Crippen LogP contribution is -2.02. The number of non-ortho nitro benzene ring substituents is 1. The molecular formula is C12H10N6O2. The van der Waals surface area contributed by atoms with Gasteiger partial charge < -0.3 is 10.3 Å². The quantitative estimate of drug-likeness (QED) is 0.553. The summed E-state index contributed by atoms with van der Waals surface area (Å²) in [5.41, 5.74) is 2.14. The summed E-state index contributed by atoms with van der Waals surface area (Å²) in [5.74, 6) is 0.541. The molecule has 0 saturated heterocycles. The summed E-state index contributed by atoms with van der Waals surface area (Å²) >= 11 is 0. The minimum atomic E-state index is -0.436. The van der Waals surface area contributed by atoms with E-state index in [4.69, 9.17) is 0 Å². The van der Waals surface area contributed by atoms with Crippen molar-refractivity contribution in [3.05, 3.63) is 52.6 Å². The second-order valence-electron chi connectivity index (χ2n) is 4.10. The van der Waals surface area contributed by atoms with E-state index in [1.54, 1.807) is 18.3 Å². The summed E-state index contributed by atoms with van der Waals surface area (Å²) < 4.78 is 0. The highest BCUT2D eigenvalue weighted by Gasteiger charge is 2.09. The van der Waals surface area contributed by atoms with Crippen molar-refractivity contribution in [1.82, 2.24) is 19.9 Å². The first-order valence-corrected chi connectivity index (χ1v) is 5.85. The van der Waals surface area contributed by atoms with Crippen LogP contribution in [0, 0.1) is 10.1 Å². The molecule has 0 atom stereocenters. The van der Waals surface area contributed by atoms with Gasteiger partial charge in [0.1, 0.15) is 6.33 Å². The Hall–Kier alpha value is -3.03. The van der Waals surface area contributed by atoms with E-state index < -0.39 is 4.92 Å². The number of aromatic amines is 1. The van der Waals surface area contributed by atoms with Crippen LogP contribution in [0.4, 0.5) is 11.6 Å². The summed E-state index contributed by atoms with van der Waals surface area (Å²) in [7, 11) is 0. The molecule has 3 aromatic rings. The molecule has 0 radical (unpaired) electrons. The Morgan fingerprint density at radius 3 is 3.00 bits per heavy atom. The molecule has 100 valence electrons. The molecule has 2 N–H and O–H groups in total. The zero-order valence-corrected chi connectivity index (χ0v) is 10.3. The average Bonchev–Trinajstić information content (AvgIpc) is 2.88. The van der Waals surface area contributed by atoms with Crippen molar-refractivity contribution in [2.45, 2.75) is 6.54 Å². The van der Waals surface area contributed by atoms with Gasteiger partial charge in [0.25, 0.3) is 5.69 Å². The first-order valence-electron chi connectivity index (χ1n) is 5.85. The Morgan fingerprint density at radius 1 is 1.35 bits per heavy atom. The average molecular weight is 270 g/mol. The maximum absolute atomic E-state index is 10.7. The topological polar surface area (TPSA) is 110 Å². The largest absolute Gasteiger partial charge is 0.350 e. The van der Waals surface area contributed by atoms with Crippen LogP contribution in [0.25, 0.3) is 11.0 Å². The molecule has 0 aliphatic rings. The van der Waals surface area contributed by atoms with E-state index in [-0.39, 0.29) is 5.69 Å². The Kier molecular flexibility index (Phi) is 2.96. The number of rotatable bonds is 4. The highest BCUT2D eigenvalue weighted by molar-refractivity contribution is 5.79. The SMILES string of the molecule is O=[N+]([O-])c1ccc2nc(NCc3ccncn3)[nH]c2c1. The van der Waals surface area contributed by atoms with Crippen LogP contribution in [0.5, 0.6) is 0 Å². The molecule has 8 heteroatoms. The van der Waals surface area contributed by atoms with Crippen molar-refractivity contribution in [3.8, 4) is 0 Å². The minimum Gasteiger partial charge on any atom is -0.350 e. The van der Waals surface area contributed by atoms with E-state index >= 15 is 0 Å². The Balaban J connectivity index is 1.80. The summed E-state index contributed by atoms with van der Waals surface area (Å²) in [6, 6.07) is 6.29. The molecule has 2 aromatic heterocycles. The number of imidazole rings is 1. The fourth-order valence-corrected chi connectivity index (χ4v) is 1.79. The molecule has 0 unspecified atom stereocenters. The van der Waals surface area contributed by atoms with Crippen LogP contribution in [0.1, 0.15) is 5.69 Å². The third-order valence-corrected chi connectivity index (χ3v) is 2.76. The number of aromatic nitrogens is 4. The third-order valence-electron chi connectivity index (χ3n) is 2.76. The number of nitrogens with one attached hydrogen (secondary N) is 2. The second kappa shape index (κ2) is 4.92. The molecule has 0 bridgehead atoms. The second-order valence-corrected chi connectivity index (χ2v) is 4.10. The number of benzene rings is 1. The van der Waals surface area contributed by atoms with Gasteiger partial charge >= 0.3 is 0 Å². The number of hydrogen-bond donors (Lipinski definition) is 2. The van der Waals surface area contributed by atoms with Crippen molar-refractivity contribution in [3.63, 3.8) is 0 Å². The summed E-state index contributed by atoms with van der Waals surface area (Å²) in [4.78, 5) is 25.5. The van der Waals surface area contributed by atoms with Crippen LogP contribution >= 0.6 is 0 Å². The van der Waals surface area contributed by atoms with Gasteiger partial charge in [-0.25, -0.2) is 15.0 Å². The lowest BCUT2D eigenvalue weighted by atomic mass is 10.3. The molecule has 3 rings (SSSR count). The number of nitro groups is 1. The molecule has 8 nitrogen and oxygen atoms in total. The molecule has 2 heterocycles. The molecule has 0 fully saturated rings. The minimum absolute atomic E-state index is 0.0310. The lowest BCUT2D eigenvalue weighted by molar-refractivity contribution is -0.384. The van der Waals surface area contributed by atoms with E-state index in [0.29, 0.717) is 23.5 Å². The van der Waals surface area contributed by atoms with Gasteiger partial charge in [0, 0.05) is 18.3 Å². The summed E-state index contributed by atoms with van der Waals surface area (Å²) in [6.07, 6.45) is 3.13. The normalized spacial score (nSPS) is 10.6. The smallest absolute Gasteiger partial charge is 0.271 e. The monoisotopic (exact) mass is 270 g/mol. The number of hydrogen-bond acceptors (Lipinski definition) is 6. The van der Waals surface area contributed by atoms with Gasteiger partial charge in [0.2, 0.25) is 5.95 Å². The van der Waals surface area contributed by atoms with Crippen LogP contribution in [-0.4, -0.2) is 24.9 Å². The Morgan fingerprint density at radius 2 is 2.25 bits per heavy atom. The third kappa shape index (κ3) is 2.39. The Bertz CT molecular complexity index is 755. The van der Waals surface area contributed by atoms with E-state index in [9.17, 15) is 10.1 Å². The number of nitro benzene ring substituents is 1. The lowest BCUT2D eigenvalue weighted by Gasteiger charge is -2.00. The number of nitrogens with zero attached hydrogens (tertiary/aromatic N) is 4. The van der Waals surface area contributed by atoms with Gasteiger partial charge in [-0.05, 0) is 12.1 Å². The number of fused-ring (bicyclic) bond motifs is 1. The van der Waals surface area contributed by atoms with Gasteiger partial charge in [0.05, 0.1) is 28.2 Å². The molecule has 0 aliphatic heterocycles. The van der Waals surface area contributed by atoms with Crippen molar-refractivity contribution < 1.29 is 4.92 Å². The van der Waals surface area contributed by atoms with E-state index in [2.05, 4.69) is 25.3 Å². The van der Waals surface area contributed by atoms with E-state index in [1.165, 1.54) is 18.5 Å². The first kappa shape index (κ1) is 12.0. The van der Waals surface area contributed by atoms with Gasteiger partial charge in [-0.1, -0.05) is 0 Å². The summed E-state index contributed by atoms with van der Waals surface area (Å²) in [5, 5.41) is 13.8. The van der Waals surface area contributed by atoms with Gasteiger partial charge in [-0.15, -0.1) is 0 Å². The highest BCUT2D eigenvalue weighted by Crippen LogP contribution is 2.20. The highest BCUT2D eigenvalue weighted by atomic mass is 16.6. The maximum Gasteiger partial charge on any atom is 0.271 e. The van der Waals surface area contributed by atoms with Gasteiger partial charge in [0.15, 0.2) is 0 Å². The van der Waals surface area contributed by atoms with Crippen LogP contribution in [0.3, 0.4) is 0 Å². The van der Waals surface area contributed by atoms with Crippen LogP contribution in [0.15, 0.2) is 36.8 Å². The van der Waals surface area contributed by atoms with E-state index in [0.717, 1.165) is 5.69 Å². The molecule has 1 aromatic carbocycles. The molecular weight excluding hydrogens is 260 g/mol. The Labute approximate surface area is 113 Å². The van der Waals surface area contributed by atoms with Crippen LogP contribution in [0.2, 0.25) is 0 Å². The molecule has 20 heavy (non-hydrogen) atoms. The fraction of sp³-hybridized carbons (Fsp3) is 0.0833. The summed E-state index contributed by atoms with van der Waals surface area (Å²) in [6.45, 7) is 0.491. The van der Waals surface area contributed by atoms with Gasteiger partial charge in [-0.2, -0.15) is 0 Å².